The van der Waals surface area contributed by atoms with Gasteiger partial charge in [-0.1, -0.05) is 18.2 Å². The van der Waals surface area contributed by atoms with Gasteiger partial charge in [0.2, 0.25) is 0 Å². The van der Waals surface area contributed by atoms with Crippen molar-refractivity contribution in [3.63, 3.8) is 0 Å². The molecular formula is C20H23NO4. The van der Waals surface area contributed by atoms with E-state index >= 15 is 0 Å². The van der Waals surface area contributed by atoms with Crippen molar-refractivity contribution in [2.24, 2.45) is 0 Å². The van der Waals surface area contributed by atoms with Crippen molar-refractivity contribution in [2.45, 2.75) is 27.7 Å². The second kappa shape index (κ2) is 8.33. The minimum absolute atomic E-state index is 0.104. The molecular weight excluding hydrogens is 318 g/mol. The summed E-state index contributed by atoms with van der Waals surface area (Å²) < 4.78 is 10.6. The van der Waals surface area contributed by atoms with Crippen molar-refractivity contribution in [3.8, 4) is 5.75 Å². The summed E-state index contributed by atoms with van der Waals surface area (Å²) in [6, 6.07) is 11.0. The fraction of sp³-hybridized carbons (Fsp3) is 0.300. The van der Waals surface area contributed by atoms with E-state index in [1.807, 2.05) is 32.0 Å². The zero-order valence-electron chi connectivity index (χ0n) is 15.0. The normalized spacial score (nSPS) is 10.2. The smallest absolute Gasteiger partial charge is 0.338 e. The summed E-state index contributed by atoms with van der Waals surface area (Å²) in [6.45, 7) is 7.62. The molecule has 0 aromatic heterocycles. The van der Waals surface area contributed by atoms with E-state index in [4.69, 9.17) is 9.47 Å². The van der Waals surface area contributed by atoms with Gasteiger partial charge in [0.05, 0.1) is 12.2 Å². The average Bonchev–Trinajstić information content (AvgIpc) is 2.57. The molecule has 0 bridgehead atoms. The van der Waals surface area contributed by atoms with Crippen LogP contribution in [0.1, 0.15) is 34.0 Å². The molecule has 5 nitrogen and oxygen atoms in total. The maximum Gasteiger partial charge on any atom is 0.338 e. The predicted molar refractivity (Wildman–Crippen MR) is 97.2 cm³/mol. The van der Waals surface area contributed by atoms with Gasteiger partial charge in [-0.15, -0.1) is 0 Å². The van der Waals surface area contributed by atoms with E-state index in [1.165, 1.54) is 0 Å². The first-order valence-corrected chi connectivity index (χ1v) is 8.19. The van der Waals surface area contributed by atoms with Gasteiger partial charge in [-0.25, -0.2) is 4.79 Å². The van der Waals surface area contributed by atoms with Gasteiger partial charge in [-0.05, 0) is 62.6 Å². The second-order valence-corrected chi connectivity index (χ2v) is 5.80. The number of amides is 1. The Bertz CT molecular complexity index is 783. The molecule has 0 fully saturated rings. The van der Waals surface area contributed by atoms with Crippen LogP contribution in [0, 0.1) is 20.8 Å². The Morgan fingerprint density at radius 2 is 1.84 bits per heavy atom. The highest BCUT2D eigenvalue weighted by molar-refractivity contribution is 5.97. The van der Waals surface area contributed by atoms with Gasteiger partial charge in [0.25, 0.3) is 5.91 Å². The number of rotatable bonds is 6. The number of carbonyl (C=O) groups is 2. The molecule has 0 aliphatic heterocycles. The van der Waals surface area contributed by atoms with Gasteiger partial charge >= 0.3 is 5.97 Å². The Hall–Kier alpha value is -2.82. The lowest BCUT2D eigenvalue weighted by Gasteiger charge is -2.13. The number of aryl methyl sites for hydroxylation is 2. The lowest BCUT2D eigenvalue weighted by Crippen LogP contribution is -2.21. The molecule has 2 aromatic rings. The molecule has 5 heteroatoms. The molecule has 2 aromatic carbocycles. The van der Waals surface area contributed by atoms with Crippen LogP contribution in [0.2, 0.25) is 0 Å². The molecule has 132 valence electrons. The van der Waals surface area contributed by atoms with Crippen LogP contribution >= 0.6 is 0 Å². The minimum Gasteiger partial charge on any atom is -0.483 e. The van der Waals surface area contributed by atoms with E-state index < -0.39 is 5.97 Å². The predicted octanol–water partition coefficient (Wildman–Crippen LogP) is 3.81. The zero-order valence-corrected chi connectivity index (χ0v) is 15.0. The van der Waals surface area contributed by atoms with E-state index in [9.17, 15) is 9.59 Å². The Balaban J connectivity index is 2.04. The van der Waals surface area contributed by atoms with Crippen LogP contribution in [0.4, 0.5) is 5.69 Å². The quantitative estimate of drug-likeness (QED) is 0.812. The van der Waals surface area contributed by atoms with Gasteiger partial charge in [0, 0.05) is 5.69 Å². The Morgan fingerprint density at radius 1 is 1.08 bits per heavy atom. The topological polar surface area (TPSA) is 64.6 Å². The Kier molecular flexibility index (Phi) is 6.17. The van der Waals surface area contributed by atoms with Gasteiger partial charge < -0.3 is 14.8 Å². The van der Waals surface area contributed by atoms with Crippen molar-refractivity contribution in [1.29, 1.82) is 0 Å². The van der Waals surface area contributed by atoms with Crippen LogP contribution in [-0.4, -0.2) is 25.1 Å². The van der Waals surface area contributed by atoms with Crippen LogP contribution in [-0.2, 0) is 9.53 Å². The number of carbonyl (C=O) groups excluding carboxylic acids is 2. The summed E-state index contributed by atoms with van der Waals surface area (Å²) in [6.07, 6.45) is 0. The highest BCUT2D eigenvalue weighted by Crippen LogP contribution is 2.21. The molecule has 0 aliphatic carbocycles. The maximum atomic E-state index is 12.2. The van der Waals surface area contributed by atoms with Gasteiger partial charge in [0.15, 0.2) is 6.61 Å². The van der Waals surface area contributed by atoms with Crippen molar-refractivity contribution in [3.05, 3.63) is 58.7 Å². The fourth-order valence-electron chi connectivity index (χ4n) is 2.39. The average molecular weight is 341 g/mol. The summed E-state index contributed by atoms with van der Waals surface area (Å²) in [4.78, 5) is 24.1. The van der Waals surface area contributed by atoms with Crippen molar-refractivity contribution in [2.75, 3.05) is 18.5 Å². The molecule has 0 spiro atoms. The van der Waals surface area contributed by atoms with Crippen LogP contribution < -0.4 is 10.1 Å². The van der Waals surface area contributed by atoms with Crippen LogP contribution in [0.3, 0.4) is 0 Å². The Labute approximate surface area is 148 Å². The number of ether oxygens (including phenoxy) is 2. The van der Waals surface area contributed by atoms with Gasteiger partial charge in [-0.3, -0.25) is 4.79 Å². The fourth-order valence-corrected chi connectivity index (χ4v) is 2.39. The molecule has 0 radical (unpaired) electrons. The molecule has 25 heavy (non-hydrogen) atoms. The van der Waals surface area contributed by atoms with E-state index in [2.05, 4.69) is 5.32 Å². The highest BCUT2D eigenvalue weighted by Gasteiger charge is 2.14. The first-order chi connectivity index (χ1) is 11.9. The molecule has 1 amide bonds. The number of nitrogens with one attached hydrogen (secondary N) is 1. The largest absolute Gasteiger partial charge is 0.483 e. The minimum atomic E-state index is -0.400. The van der Waals surface area contributed by atoms with Crippen molar-refractivity contribution in [1.82, 2.24) is 0 Å². The van der Waals surface area contributed by atoms with E-state index in [0.29, 0.717) is 29.2 Å². The molecule has 0 aliphatic rings. The number of anilines is 1. The van der Waals surface area contributed by atoms with Crippen LogP contribution in [0.5, 0.6) is 5.75 Å². The summed E-state index contributed by atoms with van der Waals surface area (Å²) in [7, 11) is 0. The first-order valence-electron chi connectivity index (χ1n) is 8.19. The summed E-state index contributed by atoms with van der Waals surface area (Å²) >= 11 is 0. The third-order valence-electron chi connectivity index (χ3n) is 3.81. The van der Waals surface area contributed by atoms with Gasteiger partial charge in [0.1, 0.15) is 5.75 Å². The lowest BCUT2D eigenvalue weighted by atomic mass is 10.1. The standard InChI is InChI=1S/C20H23NO4/c1-5-24-20(23)16-7-6-8-17(15(16)4)21-19(22)12-25-18-11-13(2)9-10-14(18)3/h6-11H,5,12H2,1-4H3,(H,21,22). The van der Waals surface area contributed by atoms with Gasteiger partial charge in [-0.2, -0.15) is 0 Å². The zero-order chi connectivity index (χ0) is 18.4. The molecule has 0 heterocycles. The van der Waals surface area contributed by atoms with Crippen molar-refractivity contribution < 1.29 is 19.1 Å². The summed E-state index contributed by atoms with van der Waals surface area (Å²) in [5, 5.41) is 2.78. The third kappa shape index (κ3) is 4.83. The maximum absolute atomic E-state index is 12.2. The molecule has 0 atom stereocenters. The number of hydrogen-bond acceptors (Lipinski definition) is 4. The second-order valence-electron chi connectivity index (χ2n) is 5.80. The summed E-state index contributed by atoms with van der Waals surface area (Å²) in [5.41, 5.74) is 3.72. The first kappa shape index (κ1) is 18.5. The van der Waals surface area contributed by atoms with E-state index in [0.717, 1.165) is 11.1 Å². The summed E-state index contributed by atoms with van der Waals surface area (Å²) in [5.74, 6) is -0.0000965. The highest BCUT2D eigenvalue weighted by atomic mass is 16.5. The monoisotopic (exact) mass is 341 g/mol. The molecule has 2 rings (SSSR count). The Morgan fingerprint density at radius 3 is 2.56 bits per heavy atom. The van der Waals surface area contributed by atoms with E-state index in [-0.39, 0.29) is 12.5 Å². The van der Waals surface area contributed by atoms with Crippen molar-refractivity contribution >= 4 is 17.6 Å². The SMILES string of the molecule is CCOC(=O)c1cccc(NC(=O)COc2cc(C)ccc2C)c1C. The number of benzene rings is 2. The molecule has 0 saturated heterocycles. The third-order valence-corrected chi connectivity index (χ3v) is 3.81. The molecule has 0 saturated carbocycles. The van der Waals surface area contributed by atoms with Crippen LogP contribution in [0.15, 0.2) is 36.4 Å². The molecule has 1 N–H and O–H groups in total. The lowest BCUT2D eigenvalue weighted by molar-refractivity contribution is -0.118. The molecule has 0 unspecified atom stereocenters. The number of esters is 1. The van der Waals surface area contributed by atoms with Crippen LogP contribution in [0.25, 0.3) is 0 Å². The van der Waals surface area contributed by atoms with E-state index in [1.54, 1.807) is 32.0 Å². The number of hydrogen-bond donors (Lipinski definition) is 1.